The first kappa shape index (κ1) is 39.3. The van der Waals surface area contributed by atoms with E-state index in [9.17, 15) is 26.4 Å². The maximum atomic E-state index is 12.7. The van der Waals surface area contributed by atoms with E-state index in [4.69, 9.17) is 9.05 Å². The zero-order chi connectivity index (χ0) is 37.8. The molecule has 0 aliphatic carbocycles. The number of hydrogen-bond acceptors (Lipinski definition) is 12. The molecule has 0 bridgehead atoms. The minimum Gasteiger partial charge on any atom is -0.336 e. The molecule has 2 aromatic carbocycles. The van der Waals surface area contributed by atoms with Crippen molar-refractivity contribution < 1.29 is 35.5 Å². The van der Waals surface area contributed by atoms with Gasteiger partial charge >= 0.3 is 0 Å². The highest BCUT2D eigenvalue weighted by Crippen LogP contribution is 2.32. The highest BCUT2D eigenvalue weighted by atomic mass is 79.9. The molecule has 2 N–H and O–H groups in total. The number of halogens is 2. The van der Waals surface area contributed by atoms with E-state index >= 15 is 0 Å². The summed E-state index contributed by atoms with van der Waals surface area (Å²) < 4.78 is 66.2. The summed E-state index contributed by atoms with van der Waals surface area (Å²) >= 11 is 8.63. The number of ketones is 2. The van der Waals surface area contributed by atoms with E-state index in [0.29, 0.717) is 20.3 Å². The molecule has 0 atom stereocenters. The fourth-order valence-corrected chi connectivity index (χ4v) is 10.1. The van der Waals surface area contributed by atoms with Gasteiger partial charge in [-0.2, -0.15) is 0 Å². The summed E-state index contributed by atoms with van der Waals surface area (Å²) in [6.07, 6.45) is 0.267. The lowest BCUT2D eigenvalue weighted by atomic mass is 10.1. The number of thiophene rings is 2. The van der Waals surface area contributed by atoms with Gasteiger partial charge in [0.1, 0.15) is 18.7 Å². The number of nitrogens with one attached hydrogen (secondary N) is 2. The van der Waals surface area contributed by atoms with Crippen LogP contribution in [0.3, 0.4) is 0 Å². The van der Waals surface area contributed by atoms with Crippen LogP contribution in [0, 0.1) is 27.7 Å². The number of nitrogens with zero attached hydrogens (tertiary/aromatic N) is 2. The van der Waals surface area contributed by atoms with Gasteiger partial charge in [-0.1, -0.05) is 70.0 Å². The maximum absolute atomic E-state index is 12.7. The summed E-state index contributed by atoms with van der Waals surface area (Å²) in [6.45, 7) is 7.27. The van der Waals surface area contributed by atoms with Crippen LogP contribution in [0.1, 0.15) is 53.0 Å². The Bertz CT molecular complexity index is 2280. The predicted molar refractivity (Wildman–Crippen MR) is 207 cm³/mol. The van der Waals surface area contributed by atoms with E-state index in [2.05, 4.69) is 51.6 Å². The number of carbonyl (C=O) groups excluding carboxylic acids is 2. The first-order valence-electron chi connectivity index (χ1n) is 15.2. The van der Waals surface area contributed by atoms with E-state index in [1.807, 2.05) is 62.4 Å². The van der Waals surface area contributed by atoms with Gasteiger partial charge in [0, 0.05) is 12.8 Å². The van der Waals surface area contributed by atoms with Gasteiger partial charge in [0.05, 0.1) is 21.1 Å². The van der Waals surface area contributed by atoms with Crippen molar-refractivity contribution in [2.75, 3.05) is 9.44 Å². The maximum Gasteiger partial charge on any atom is 0.265 e. The van der Waals surface area contributed by atoms with Crippen LogP contribution in [0.25, 0.3) is 0 Å². The average molecular weight is 911 g/mol. The summed E-state index contributed by atoms with van der Waals surface area (Å²) in [5, 5.41) is 10.5. The van der Waals surface area contributed by atoms with Crippen LogP contribution in [0.5, 0.6) is 0 Å². The number of carbonyl (C=O) groups is 2. The van der Waals surface area contributed by atoms with Crippen LogP contribution in [0.2, 0.25) is 0 Å². The first-order valence-corrected chi connectivity index (χ1v) is 21.5. The van der Waals surface area contributed by atoms with Crippen molar-refractivity contribution >= 4 is 97.9 Å². The van der Waals surface area contributed by atoms with Gasteiger partial charge in [-0.25, -0.2) is 26.3 Å². The molecule has 0 fully saturated rings. The summed E-state index contributed by atoms with van der Waals surface area (Å²) in [5.74, 6) is -0.551. The number of benzene rings is 2. The molecule has 6 aromatic rings. The molecule has 0 aliphatic heterocycles. The van der Waals surface area contributed by atoms with Crippen molar-refractivity contribution in [1.29, 1.82) is 0 Å². The number of aromatic nitrogens is 2. The molecule has 272 valence electrons. The smallest absolute Gasteiger partial charge is 0.265 e. The topological polar surface area (TPSA) is 179 Å². The molecule has 4 aromatic heterocycles. The van der Waals surface area contributed by atoms with Crippen molar-refractivity contribution in [2.45, 2.75) is 50.3 Å². The quantitative estimate of drug-likeness (QED) is 0.113. The largest absolute Gasteiger partial charge is 0.336 e. The molecule has 12 nitrogen and oxygen atoms in total. The molecular formula is C34H30Br2N4O8S4. The normalized spacial score (nSPS) is 11.5. The Hall–Kier alpha value is -3.94. The van der Waals surface area contributed by atoms with E-state index in [-0.39, 0.29) is 55.7 Å². The van der Waals surface area contributed by atoms with Crippen molar-refractivity contribution in [1.82, 2.24) is 10.3 Å². The summed E-state index contributed by atoms with van der Waals surface area (Å²) in [4.78, 5) is 25.5. The first-order chi connectivity index (χ1) is 24.6. The fraction of sp³-hybridized carbons (Fsp3) is 0.176. The molecule has 4 heterocycles. The van der Waals surface area contributed by atoms with Gasteiger partial charge < -0.3 is 9.05 Å². The fourth-order valence-electron chi connectivity index (χ4n) is 4.57. The van der Waals surface area contributed by atoms with Crippen molar-refractivity contribution in [3.63, 3.8) is 0 Å². The second kappa shape index (κ2) is 16.4. The number of hydrogen-bond donors (Lipinski definition) is 2. The summed E-state index contributed by atoms with van der Waals surface area (Å²) in [6, 6.07) is 17.9. The van der Waals surface area contributed by atoms with E-state index < -0.39 is 20.0 Å². The number of aryl methyl sites for hydroxylation is 4. The Kier molecular flexibility index (Phi) is 12.4. The van der Waals surface area contributed by atoms with Crippen LogP contribution in [0.4, 0.5) is 11.8 Å². The van der Waals surface area contributed by atoms with Gasteiger partial charge in [-0.05, 0) is 93.6 Å². The average Bonchev–Trinajstić information content (AvgIpc) is 3.91. The Labute approximate surface area is 325 Å². The van der Waals surface area contributed by atoms with Crippen LogP contribution in [-0.2, 0) is 32.9 Å². The number of rotatable bonds is 12. The Morgan fingerprint density at radius 2 is 0.962 bits per heavy atom. The SMILES string of the molecule is Cc1ccc(CC(=O)c2sccc2S(=O)(=O)Nc2onc(C)c2Br)cc1.Cc1ccc(CC(=O)c2sccc2S(=O)(=O)Nc2onc(C)c2Br)cc1. The number of Topliss-reactive ketones (excluding diaryl/α,β-unsaturated/α-hetero) is 2. The van der Waals surface area contributed by atoms with Crippen molar-refractivity contribution in [3.8, 4) is 0 Å². The zero-order valence-electron chi connectivity index (χ0n) is 27.9. The van der Waals surface area contributed by atoms with E-state index in [1.165, 1.54) is 12.1 Å². The van der Waals surface area contributed by atoms with Gasteiger partial charge in [0.2, 0.25) is 0 Å². The van der Waals surface area contributed by atoms with Crippen LogP contribution < -0.4 is 9.44 Å². The molecule has 0 saturated heterocycles. The van der Waals surface area contributed by atoms with E-state index in [1.54, 1.807) is 24.6 Å². The molecular weight excluding hydrogens is 880 g/mol. The molecule has 0 unspecified atom stereocenters. The highest BCUT2D eigenvalue weighted by Gasteiger charge is 2.28. The van der Waals surface area contributed by atoms with Gasteiger partial charge in [-0.15, -0.1) is 22.7 Å². The third kappa shape index (κ3) is 9.34. The summed E-state index contributed by atoms with van der Waals surface area (Å²) in [7, 11) is -7.96. The zero-order valence-corrected chi connectivity index (χ0v) is 34.3. The monoisotopic (exact) mass is 908 g/mol. The van der Waals surface area contributed by atoms with Gasteiger partial charge in [-0.3, -0.25) is 9.59 Å². The number of sulfonamides is 2. The lowest BCUT2D eigenvalue weighted by Crippen LogP contribution is -2.16. The van der Waals surface area contributed by atoms with Gasteiger partial charge in [0.25, 0.3) is 31.8 Å². The second-order valence-corrected chi connectivity index (χ2v) is 18.2. The molecule has 0 saturated carbocycles. The van der Waals surface area contributed by atoms with Crippen molar-refractivity contribution in [2.24, 2.45) is 0 Å². The Morgan fingerprint density at radius 1 is 0.615 bits per heavy atom. The number of anilines is 2. The second-order valence-electron chi connectivity index (χ2n) is 11.4. The third-order valence-corrected chi connectivity index (χ3v) is 14.1. The minimum atomic E-state index is -3.98. The lowest BCUT2D eigenvalue weighted by Gasteiger charge is -2.07. The van der Waals surface area contributed by atoms with Crippen LogP contribution in [-0.4, -0.2) is 38.7 Å². The van der Waals surface area contributed by atoms with Crippen molar-refractivity contribution in [3.05, 3.63) is 124 Å². The lowest BCUT2D eigenvalue weighted by molar-refractivity contribution is 0.0986. The minimum absolute atomic E-state index is 0.0226. The molecule has 52 heavy (non-hydrogen) atoms. The van der Waals surface area contributed by atoms with E-state index in [0.717, 1.165) is 44.9 Å². The molecule has 0 amide bonds. The standard InChI is InChI=1S/2C17H15BrN2O4S2/c2*1-10-3-5-12(6-4-10)9-13(21)16-14(7-8-25-16)26(22,23)20-17-15(18)11(2)19-24-17/h2*3-8,20H,9H2,1-2H3. The Morgan fingerprint density at radius 3 is 1.27 bits per heavy atom. The highest BCUT2D eigenvalue weighted by molar-refractivity contribution is 9.11. The third-order valence-electron chi connectivity index (χ3n) is 7.35. The molecule has 6 rings (SSSR count). The van der Waals surface area contributed by atoms with Crippen LogP contribution >= 0.6 is 54.5 Å². The molecule has 0 spiro atoms. The summed E-state index contributed by atoms with van der Waals surface area (Å²) in [5.41, 5.74) is 4.89. The molecule has 0 radical (unpaired) electrons. The Balaban J connectivity index is 0.000000201. The van der Waals surface area contributed by atoms with Gasteiger partial charge in [0.15, 0.2) is 11.6 Å². The predicted octanol–water partition coefficient (Wildman–Crippen LogP) is 8.68. The van der Waals surface area contributed by atoms with Crippen LogP contribution in [0.15, 0.2) is 99.2 Å². The molecule has 18 heteroatoms. The molecule has 0 aliphatic rings.